The standard InChI is InChI=1S/C20H19FN4O3/c1-13(25-6-2-3-15(11-26)18(25)12-27)20(28)24-19-5-4-14(9-23-19)16-7-17(21)10-22-8-16/h4-5,7-13H,2-3,6H2,1H3,(H,23,24,28). The number of hydrogen-bond acceptors (Lipinski definition) is 6. The summed E-state index contributed by atoms with van der Waals surface area (Å²) >= 11 is 0. The highest BCUT2D eigenvalue weighted by Gasteiger charge is 2.28. The summed E-state index contributed by atoms with van der Waals surface area (Å²) in [5.74, 6) is -0.465. The summed E-state index contributed by atoms with van der Waals surface area (Å²) in [7, 11) is 0. The second-order valence-corrected chi connectivity index (χ2v) is 6.43. The van der Waals surface area contributed by atoms with Crippen molar-refractivity contribution in [2.24, 2.45) is 0 Å². The van der Waals surface area contributed by atoms with Crippen LogP contribution in [-0.4, -0.2) is 45.9 Å². The van der Waals surface area contributed by atoms with E-state index in [9.17, 15) is 18.8 Å². The van der Waals surface area contributed by atoms with E-state index in [-0.39, 0.29) is 11.6 Å². The lowest BCUT2D eigenvalue weighted by molar-refractivity contribution is -0.121. The fourth-order valence-electron chi connectivity index (χ4n) is 3.12. The van der Waals surface area contributed by atoms with Crippen LogP contribution in [0.4, 0.5) is 10.2 Å². The first kappa shape index (κ1) is 19.3. The summed E-state index contributed by atoms with van der Waals surface area (Å²) in [4.78, 5) is 44.7. The van der Waals surface area contributed by atoms with Gasteiger partial charge in [-0.3, -0.25) is 19.4 Å². The Labute approximate surface area is 161 Å². The number of aldehydes is 2. The summed E-state index contributed by atoms with van der Waals surface area (Å²) in [5, 5.41) is 2.70. The van der Waals surface area contributed by atoms with Gasteiger partial charge in [-0.05, 0) is 38.0 Å². The lowest BCUT2D eigenvalue weighted by Crippen LogP contribution is -2.44. The molecule has 0 radical (unpaired) electrons. The van der Waals surface area contributed by atoms with Crippen LogP contribution in [0.2, 0.25) is 0 Å². The van der Waals surface area contributed by atoms with Gasteiger partial charge in [-0.2, -0.15) is 0 Å². The molecule has 3 rings (SSSR count). The molecule has 0 aromatic carbocycles. The second-order valence-electron chi connectivity index (χ2n) is 6.43. The van der Waals surface area contributed by atoms with E-state index in [1.54, 1.807) is 24.0 Å². The van der Waals surface area contributed by atoms with E-state index in [1.165, 1.54) is 18.5 Å². The van der Waals surface area contributed by atoms with Gasteiger partial charge in [0.1, 0.15) is 24.0 Å². The molecule has 3 heterocycles. The molecular weight excluding hydrogens is 363 g/mol. The van der Waals surface area contributed by atoms with Gasteiger partial charge < -0.3 is 10.2 Å². The number of rotatable bonds is 6. The molecule has 0 fully saturated rings. The third kappa shape index (κ3) is 4.11. The summed E-state index contributed by atoms with van der Waals surface area (Å²) < 4.78 is 13.3. The van der Waals surface area contributed by atoms with Crippen molar-refractivity contribution in [3.05, 3.63) is 53.9 Å². The number of nitrogens with zero attached hydrogens (tertiary/aromatic N) is 3. The maximum absolute atomic E-state index is 13.3. The van der Waals surface area contributed by atoms with Crippen molar-refractivity contribution in [3.63, 3.8) is 0 Å². The van der Waals surface area contributed by atoms with Gasteiger partial charge in [0.05, 0.1) is 11.9 Å². The predicted octanol–water partition coefficient (Wildman–Crippen LogP) is 2.36. The molecule has 1 aliphatic rings. The molecular formula is C20H19FN4O3. The number of nitrogens with one attached hydrogen (secondary N) is 1. The van der Waals surface area contributed by atoms with Crippen LogP contribution in [0.25, 0.3) is 11.1 Å². The first-order chi connectivity index (χ1) is 13.5. The quantitative estimate of drug-likeness (QED) is 0.771. The smallest absolute Gasteiger partial charge is 0.247 e. The molecule has 0 spiro atoms. The molecule has 0 saturated heterocycles. The van der Waals surface area contributed by atoms with E-state index in [2.05, 4.69) is 15.3 Å². The van der Waals surface area contributed by atoms with Gasteiger partial charge in [-0.1, -0.05) is 0 Å². The van der Waals surface area contributed by atoms with E-state index in [4.69, 9.17) is 0 Å². The highest BCUT2D eigenvalue weighted by Crippen LogP contribution is 2.23. The second kappa shape index (κ2) is 8.51. The van der Waals surface area contributed by atoms with Gasteiger partial charge in [0.2, 0.25) is 5.91 Å². The molecule has 1 N–H and O–H groups in total. The zero-order valence-corrected chi connectivity index (χ0v) is 15.3. The molecule has 8 heteroatoms. The molecule has 28 heavy (non-hydrogen) atoms. The van der Waals surface area contributed by atoms with E-state index in [0.29, 0.717) is 54.5 Å². The number of allylic oxidation sites excluding steroid dienone is 2. The molecule has 0 bridgehead atoms. The minimum Gasteiger partial charge on any atom is -0.357 e. The van der Waals surface area contributed by atoms with Crippen LogP contribution < -0.4 is 5.32 Å². The molecule has 144 valence electrons. The van der Waals surface area contributed by atoms with E-state index in [1.807, 2.05) is 0 Å². The van der Waals surface area contributed by atoms with E-state index >= 15 is 0 Å². The van der Waals surface area contributed by atoms with Crippen molar-refractivity contribution in [1.82, 2.24) is 14.9 Å². The lowest BCUT2D eigenvalue weighted by Gasteiger charge is -2.34. The molecule has 1 aliphatic heterocycles. The molecule has 0 saturated carbocycles. The summed E-state index contributed by atoms with van der Waals surface area (Å²) in [6, 6.07) is 4.00. The van der Waals surface area contributed by atoms with Gasteiger partial charge in [-0.25, -0.2) is 9.37 Å². The van der Waals surface area contributed by atoms with Crippen molar-refractivity contribution in [1.29, 1.82) is 0 Å². The first-order valence-corrected chi connectivity index (χ1v) is 8.81. The Hall–Kier alpha value is -3.42. The fourth-order valence-corrected chi connectivity index (χ4v) is 3.12. The minimum atomic E-state index is -0.649. The van der Waals surface area contributed by atoms with Crippen molar-refractivity contribution in [2.75, 3.05) is 11.9 Å². The van der Waals surface area contributed by atoms with Crippen LogP contribution >= 0.6 is 0 Å². The Balaban J connectivity index is 1.72. The Kier molecular flexibility index (Phi) is 5.88. The number of amides is 1. The van der Waals surface area contributed by atoms with Crippen LogP contribution in [-0.2, 0) is 14.4 Å². The number of aromatic nitrogens is 2. The topological polar surface area (TPSA) is 92.3 Å². The highest BCUT2D eigenvalue weighted by molar-refractivity contribution is 5.95. The number of halogens is 1. The predicted molar refractivity (Wildman–Crippen MR) is 101 cm³/mol. The van der Waals surface area contributed by atoms with Crippen molar-refractivity contribution in [3.8, 4) is 11.1 Å². The van der Waals surface area contributed by atoms with Crippen LogP contribution in [0.5, 0.6) is 0 Å². The molecule has 7 nitrogen and oxygen atoms in total. The molecule has 2 aromatic rings. The van der Waals surface area contributed by atoms with Crippen LogP contribution in [0, 0.1) is 5.82 Å². The maximum atomic E-state index is 13.3. The Morgan fingerprint density at radius 3 is 2.68 bits per heavy atom. The molecule has 0 aliphatic carbocycles. The van der Waals surface area contributed by atoms with Gasteiger partial charge in [0.25, 0.3) is 0 Å². The highest BCUT2D eigenvalue weighted by atomic mass is 19.1. The first-order valence-electron chi connectivity index (χ1n) is 8.81. The monoisotopic (exact) mass is 382 g/mol. The Morgan fingerprint density at radius 2 is 2.04 bits per heavy atom. The normalized spacial score (nSPS) is 15.1. The van der Waals surface area contributed by atoms with Gasteiger partial charge in [0, 0.05) is 35.6 Å². The summed E-state index contributed by atoms with van der Waals surface area (Å²) in [5.41, 5.74) is 1.91. The zero-order valence-electron chi connectivity index (χ0n) is 15.3. The maximum Gasteiger partial charge on any atom is 0.247 e. The molecule has 1 unspecified atom stereocenters. The number of pyridine rings is 2. The lowest BCUT2D eigenvalue weighted by atomic mass is 10.0. The van der Waals surface area contributed by atoms with Crippen LogP contribution in [0.1, 0.15) is 19.8 Å². The average Bonchev–Trinajstić information content (AvgIpc) is 2.73. The van der Waals surface area contributed by atoms with Gasteiger partial charge in [0.15, 0.2) is 6.29 Å². The van der Waals surface area contributed by atoms with Gasteiger partial charge in [-0.15, -0.1) is 0 Å². The third-order valence-corrected chi connectivity index (χ3v) is 4.64. The summed E-state index contributed by atoms with van der Waals surface area (Å²) in [6.45, 7) is 2.18. The fraction of sp³-hybridized carbons (Fsp3) is 0.250. The summed E-state index contributed by atoms with van der Waals surface area (Å²) in [6.07, 6.45) is 6.66. The van der Waals surface area contributed by atoms with Crippen molar-refractivity contribution >= 4 is 24.3 Å². The minimum absolute atomic E-state index is 0.255. The number of anilines is 1. The zero-order chi connectivity index (χ0) is 20.1. The third-order valence-electron chi connectivity index (χ3n) is 4.64. The van der Waals surface area contributed by atoms with Crippen LogP contribution in [0.3, 0.4) is 0 Å². The average molecular weight is 382 g/mol. The number of hydrogen-bond donors (Lipinski definition) is 1. The SMILES string of the molecule is CC(C(=O)Nc1ccc(-c2cncc(F)c2)cn1)N1CCCC(C=O)=C1C=O. The van der Waals surface area contributed by atoms with E-state index in [0.717, 1.165) is 6.20 Å². The molecule has 2 aromatic heterocycles. The largest absolute Gasteiger partial charge is 0.357 e. The Bertz CT molecular complexity index is 927. The number of carbonyl (C=O) groups is 3. The van der Waals surface area contributed by atoms with Gasteiger partial charge >= 0.3 is 0 Å². The molecule has 1 atom stereocenters. The molecule has 1 amide bonds. The number of carbonyl (C=O) groups excluding carboxylic acids is 3. The Morgan fingerprint density at radius 1 is 1.21 bits per heavy atom. The van der Waals surface area contributed by atoms with E-state index < -0.39 is 11.9 Å². The van der Waals surface area contributed by atoms with Crippen molar-refractivity contribution in [2.45, 2.75) is 25.8 Å². The van der Waals surface area contributed by atoms with Crippen LogP contribution in [0.15, 0.2) is 48.1 Å². The van der Waals surface area contributed by atoms with Crippen molar-refractivity contribution < 1.29 is 18.8 Å².